The molecule has 0 aromatic heterocycles. The highest BCUT2D eigenvalue weighted by atomic mass is 16.5. The third kappa shape index (κ3) is 2.78. The molecule has 0 unspecified atom stereocenters. The summed E-state index contributed by atoms with van der Waals surface area (Å²) in [6, 6.07) is 5.37. The first-order valence-electron chi connectivity index (χ1n) is 6.02. The Morgan fingerprint density at radius 3 is 2.71 bits per heavy atom. The Morgan fingerprint density at radius 2 is 2.18 bits per heavy atom. The van der Waals surface area contributed by atoms with Crippen LogP contribution in [0.5, 0.6) is 11.5 Å². The summed E-state index contributed by atoms with van der Waals surface area (Å²) in [5.41, 5.74) is 0.601. The minimum absolute atomic E-state index is 0.00695. The smallest absolute Gasteiger partial charge is 0.163 e. The Hall–Kier alpha value is -1.51. The van der Waals surface area contributed by atoms with Gasteiger partial charge >= 0.3 is 0 Å². The second-order valence-corrected chi connectivity index (χ2v) is 4.53. The van der Waals surface area contributed by atoms with Crippen LogP contribution in [-0.2, 0) is 0 Å². The van der Waals surface area contributed by atoms with Crippen LogP contribution in [0.2, 0.25) is 0 Å². The predicted octanol–water partition coefficient (Wildman–Crippen LogP) is 3.08. The normalized spacial score (nSPS) is 15.2. The summed E-state index contributed by atoms with van der Waals surface area (Å²) in [4.78, 5) is 11.5. The topological polar surface area (TPSA) is 35.5 Å². The third-order valence-corrected chi connectivity index (χ3v) is 3.27. The van der Waals surface area contributed by atoms with Gasteiger partial charge in [-0.3, -0.25) is 4.79 Å². The van der Waals surface area contributed by atoms with Gasteiger partial charge in [0.05, 0.1) is 19.3 Å². The lowest BCUT2D eigenvalue weighted by molar-refractivity contribution is 0.101. The molecular weight excluding hydrogens is 216 g/mol. The van der Waals surface area contributed by atoms with Crippen LogP contribution in [-0.4, -0.2) is 19.5 Å². The van der Waals surface area contributed by atoms with E-state index in [0.29, 0.717) is 29.6 Å². The highest BCUT2D eigenvalue weighted by Crippen LogP contribution is 2.29. The number of Topliss-reactive ketones (excluding diaryl/α,β-unsaturated/α-hetero) is 1. The van der Waals surface area contributed by atoms with Crippen LogP contribution in [0.4, 0.5) is 0 Å². The lowest BCUT2D eigenvalue weighted by Gasteiger charge is -2.25. The molecule has 1 fully saturated rings. The van der Waals surface area contributed by atoms with E-state index in [1.54, 1.807) is 20.1 Å². The number of benzene rings is 1. The van der Waals surface area contributed by atoms with Crippen LogP contribution in [0.3, 0.4) is 0 Å². The fourth-order valence-corrected chi connectivity index (χ4v) is 1.90. The van der Waals surface area contributed by atoms with Crippen molar-refractivity contribution >= 4 is 5.78 Å². The number of methoxy groups -OCH3 is 1. The molecule has 92 valence electrons. The van der Waals surface area contributed by atoms with Gasteiger partial charge < -0.3 is 9.47 Å². The molecule has 0 bridgehead atoms. The van der Waals surface area contributed by atoms with Gasteiger partial charge in [-0.15, -0.1) is 0 Å². The Kier molecular flexibility index (Phi) is 3.67. The van der Waals surface area contributed by atoms with E-state index in [-0.39, 0.29) is 5.78 Å². The van der Waals surface area contributed by atoms with Crippen LogP contribution >= 0.6 is 0 Å². The van der Waals surface area contributed by atoms with Crippen LogP contribution in [0, 0.1) is 5.92 Å². The molecule has 0 atom stereocenters. The maximum atomic E-state index is 11.5. The summed E-state index contributed by atoms with van der Waals surface area (Å²) in [6.45, 7) is 2.26. The van der Waals surface area contributed by atoms with Crippen molar-refractivity contribution in [1.29, 1.82) is 0 Å². The van der Waals surface area contributed by atoms with E-state index in [0.717, 1.165) is 0 Å². The Labute approximate surface area is 102 Å². The maximum absolute atomic E-state index is 11.5. The molecule has 3 nitrogen and oxygen atoms in total. The third-order valence-electron chi connectivity index (χ3n) is 3.27. The lowest BCUT2D eigenvalue weighted by atomic mass is 9.86. The Bertz CT molecular complexity index is 408. The van der Waals surface area contributed by atoms with E-state index in [1.807, 2.05) is 12.1 Å². The molecule has 3 heteroatoms. The fraction of sp³-hybridized carbons (Fsp3) is 0.500. The SMILES string of the molecule is COc1ccc(OCC2CCC2)c(C(C)=O)c1. The molecule has 0 N–H and O–H groups in total. The Balaban J connectivity index is 2.10. The highest BCUT2D eigenvalue weighted by Gasteiger charge is 2.19. The van der Waals surface area contributed by atoms with Crippen LogP contribution in [0.1, 0.15) is 36.5 Å². The summed E-state index contributed by atoms with van der Waals surface area (Å²) in [7, 11) is 1.59. The Morgan fingerprint density at radius 1 is 1.41 bits per heavy atom. The van der Waals surface area contributed by atoms with Gasteiger partial charge in [-0.05, 0) is 43.9 Å². The standard InChI is InChI=1S/C14H18O3/c1-10(15)13-8-12(16-2)6-7-14(13)17-9-11-4-3-5-11/h6-8,11H,3-5,9H2,1-2H3. The van der Waals surface area contributed by atoms with E-state index in [9.17, 15) is 4.79 Å². The van der Waals surface area contributed by atoms with Gasteiger partial charge in [0.1, 0.15) is 11.5 Å². The van der Waals surface area contributed by atoms with Gasteiger partial charge in [0, 0.05) is 0 Å². The number of ether oxygens (including phenoxy) is 2. The first-order valence-corrected chi connectivity index (χ1v) is 6.02. The molecular formula is C14H18O3. The number of rotatable bonds is 5. The molecule has 1 saturated carbocycles. The molecule has 1 aromatic carbocycles. The zero-order chi connectivity index (χ0) is 12.3. The number of ketones is 1. The molecule has 1 aliphatic rings. The molecule has 1 aromatic rings. The molecule has 2 rings (SSSR count). The molecule has 0 amide bonds. The van der Waals surface area contributed by atoms with Crippen molar-refractivity contribution in [1.82, 2.24) is 0 Å². The number of hydrogen-bond donors (Lipinski definition) is 0. The van der Waals surface area contributed by atoms with Gasteiger partial charge in [-0.1, -0.05) is 6.42 Å². The van der Waals surface area contributed by atoms with Crippen molar-refractivity contribution in [2.45, 2.75) is 26.2 Å². The molecule has 0 heterocycles. The van der Waals surface area contributed by atoms with Gasteiger partial charge in [-0.25, -0.2) is 0 Å². The van der Waals surface area contributed by atoms with Gasteiger partial charge in [0.25, 0.3) is 0 Å². The summed E-state index contributed by atoms with van der Waals surface area (Å²) >= 11 is 0. The van der Waals surface area contributed by atoms with Gasteiger partial charge in [-0.2, -0.15) is 0 Å². The number of carbonyl (C=O) groups is 1. The predicted molar refractivity (Wildman–Crippen MR) is 65.8 cm³/mol. The average Bonchev–Trinajstić information content (AvgIpc) is 2.27. The monoisotopic (exact) mass is 234 g/mol. The van der Waals surface area contributed by atoms with E-state index in [4.69, 9.17) is 9.47 Å². The zero-order valence-electron chi connectivity index (χ0n) is 10.4. The number of hydrogen-bond acceptors (Lipinski definition) is 3. The van der Waals surface area contributed by atoms with Crippen molar-refractivity contribution in [2.75, 3.05) is 13.7 Å². The molecule has 1 aliphatic carbocycles. The first kappa shape index (κ1) is 12.0. The minimum Gasteiger partial charge on any atom is -0.497 e. The minimum atomic E-state index is 0.00695. The average molecular weight is 234 g/mol. The zero-order valence-corrected chi connectivity index (χ0v) is 10.4. The summed E-state index contributed by atoms with van der Waals surface area (Å²) in [5.74, 6) is 2.03. The van der Waals surface area contributed by atoms with E-state index < -0.39 is 0 Å². The molecule has 17 heavy (non-hydrogen) atoms. The van der Waals surface area contributed by atoms with E-state index in [1.165, 1.54) is 19.3 Å². The van der Waals surface area contributed by atoms with Crippen molar-refractivity contribution in [2.24, 2.45) is 5.92 Å². The summed E-state index contributed by atoms with van der Waals surface area (Å²) in [5, 5.41) is 0. The van der Waals surface area contributed by atoms with Crippen LogP contribution in [0.25, 0.3) is 0 Å². The van der Waals surface area contributed by atoms with Crippen molar-refractivity contribution in [3.8, 4) is 11.5 Å². The molecule has 0 saturated heterocycles. The van der Waals surface area contributed by atoms with Crippen molar-refractivity contribution in [3.05, 3.63) is 23.8 Å². The van der Waals surface area contributed by atoms with Crippen LogP contribution < -0.4 is 9.47 Å². The molecule has 0 spiro atoms. The second-order valence-electron chi connectivity index (χ2n) is 4.53. The van der Waals surface area contributed by atoms with Gasteiger partial charge in [0.15, 0.2) is 5.78 Å². The van der Waals surface area contributed by atoms with Crippen LogP contribution in [0.15, 0.2) is 18.2 Å². The molecule has 0 radical (unpaired) electrons. The van der Waals surface area contributed by atoms with E-state index >= 15 is 0 Å². The molecule has 0 aliphatic heterocycles. The second kappa shape index (κ2) is 5.21. The maximum Gasteiger partial charge on any atom is 0.163 e. The quantitative estimate of drug-likeness (QED) is 0.734. The number of carbonyl (C=O) groups excluding carboxylic acids is 1. The van der Waals surface area contributed by atoms with Crippen molar-refractivity contribution < 1.29 is 14.3 Å². The summed E-state index contributed by atoms with van der Waals surface area (Å²) in [6.07, 6.45) is 3.79. The lowest BCUT2D eigenvalue weighted by Crippen LogP contribution is -2.19. The van der Waals surface area contributed by atoms with Crippen molar-refractivity contribution in [3.63, 3.8) is 0 Å². The van der Waals surface area contributed by atoms with Gasteiger partial charge in [0.2, 0.25) is 0 Å². The first-order chi connectivity index (χ1) is 8.20. The highest BCUT2D eigenvalue weighted by molar-refractivity contribution is 5.97. The largest absolute Gasteiger partial charge is 0.497 e. The summed E-state index contributed by atoms with van der Waals surface area (Å²) < 4.78 is 10.8. The van der Waals surface area contributed by atoms with E-state index in [2.05, 4.69) is 0 Å². The fourth-order valence-electron chi connectivity index (χ4n) is 1.90.